The fourth-order valence-corrected chi connectivity index (χ4v) is 4.10. The fourth-order valence-electron chi connectivity index (χ4n) is 4.10. The van der Waals surface area contributed by atoms with E-state index in [9.17, 15) is 4.79 Å². The molecule has 0 spiro atoms. The molecule has 1 nitrogen and oxygen atoms in total. The van der Waals surface area contributed by atoms with Crippen molar-refractivity contribution in [2.45, 2.75) is 41.0 Å². The average Bonchev–Trinajstić information content (AvgIpc) is 2.27. The number of fused-ring (bicyclic) bond motifs is 2. The van der Waals surface area contributed by atoms with Crippen LogP contribution in [0.2, 0.25) is 0 Å². The van der Waals surface area contributed by atoms with Crippen molar-refractivity contribution in [2.24, 2.45) is 35.5 Å². The maximum atomic E-state index is 11.2. The molecule has 0 amide bonds. The number of ketones is 1. The molecule has 1 saturated carbocycles. The van der Waals surface area contributed by atoms with Gasteiger partial charge in [-0.15, -0.1) is 0 Å². The van der Waals surface area contributed by atoms with Crippen LogP contribution in [0.3, 0.4) is 0 Å². The first-order chi connectivity index (χ1) is 8.41. The SMILES string of the molecule is CC(=O)C=CC1C(C)C2CC(C(C)C)C1C=C2C. The zero-order chi connectivity index (χ0) is 13.4. The molecule has 1 heteroatoms. The van der Waals surface area contributed by atoms with Crippen LogP contribution in [0.1, 0.15) is 41.0 Å². The van der Waals surface area contributed by atoms with Gasteiger partial charge < -0.3 is 0 Å². The molecule has 1 fully saturated rings. The lowest BCUT2D eigenvalue weighted by atomic mass is 9.54. The highest BCUT2D eigenvalue weighted by Gasteiger charge is 2.45. The van der Waals surface area contributed by atoms with E-state index in [1.54, 1.807) is 18.6 Å². The third kappa shape index (κ3) is 2.32. The Balaban J connectivity index is 2.28. The van der Waals surface area contributed by atoms with Gasteiger partial charge in [-0.05, 0) is 61.9 Å². The van der Waals surface area contributed by atoms with E-state index in [0.29, 0.717) is 17.8 Å². The molecule has 0 aromatic carbocycles. The van der Waals surface area contributed by atoms with Crippen molar-refractivity contribution in [1.29, 1.82) is 0 Å². The van der Waals surface area contributed by atoms with Gasteiger partial charge in [0.1, 0.15) is 0 Å². The lowest BCUT2D eigenvalue weighted by Crippen LogP contribution is -2.43. The van der Waals surface area contributed by atoms with Gasteiger partial charge >= 0.3 is 0 Å². The van der Waals surface area contributed by atoms with Crippen LogP contribution in [0.15, 0.2) is 23.8 Å². The standard InChI is InChI=1S/C17H26O/c1-10(2)15-9-16-11(3)8-17(15)14(13(16)5)7-6-12(4)18/h6-8,10,13-17H,9H2,1-5H3. The molecule has 0 heterocycles. The molecule has 5 atom stereocenters. The summed E-state index contributed by atoms with van der Waals surface area (Å²) < 4.78 is 0. The summed E-state index contributed by atoms with van der Waals surface area (Å²) in [5.74, 6) is 4.31. The van der Waals surface area contributed by atoms with Crippen LogP contribution in [-0.2, 0) is 4.79 Å². The highest BCUT2D eigenvalue weighted by Crippen LogP contribution is 2.53. The second kappa shape index (κ2) is 5.03. The van der Waals surface area contributed by atoms with Gasteiger partial charge in [0.15, 0.2) is 5.78 Å². The number of carbonyl (C=O) groups is 1. The van der Waals surface area contributed by atoms with Crippen LogP contribution in [-0.4, -0.2) is 5.78 Å². The van der Waals surface area contributed by atoms with Crippen molar-refractivity contribution < 1.29 is 4.79 Å². The van der Waals surface area contributed by atoms with Crippen LogP contribution in [0.5, 0.6) is 0 Å². The molecule has 0 N–H and O–H groups in total. The second-order valence-corrected chi connectivity index (χ2v) is 6.64. The van der Waals surface area contributed by atoms with Crippen molar-refractivity contribution in [3.05, 3.63) is 23.8 Å². The van der Waals surface area contributed by atoms with E-state index in [1.807, 2.05) is 0 Å². The zero-order valence-electron chi connectivity index (χ0n) is 12.3. The van der Waals surface area contributed by atoms with E-state index in [4.69, 9.17) is 0 Å². The Labute approximate surface area is 111 Å². The van der Waals surface area contributed by atoms with Crippen molar-refractivity contribution in [1.82, 2.24) is 0 Å². The van der Waals surface area contributed by atoms with Gasteiger partial charge in [0.2, 0.25) is 0 Å². The Morgan fingerprint density at radius 1 is 1.44 bits per heavy atom. The summed E-state index contributed by atoms with van der Waals surface area (Å²) in [5.41, 5.74) is 1.58. The Morgan fingerprint density at radius 2 is 2.11 bits per heavy atom. The summed E-state index contributed by atoms with van der Waals surface area (Å²) in [6, 6.07) is 0. The number of allylic oxidation sites excluding steroid dienone is 4. The molecule has 0 radical (unpaired) electrons. The minimum Gasteiger partial charge on any atom is -0.295 e. The third-order valence-electron chi connectivity index (χ3n) is 5.16. The van der Waals surface area contributed by atoms with E-state index in [2.05, 4.69) is 39.8 Å². The molecule has 5 unspecified atom stereocenters. The number of rotatable bonds is 3. The van der Waals surface area contributed by atoms with E-state index >= 15 is 0 Å². The van der Waals surface area contributed by atoms with E-state index in [-0.39, 0.29) is 5.78 Å². The Bertz CT molecular complexity index is 388. The molecule has 0 aromatic rings. The molecule has 0 aromatic heterocycles. The molecular formula is C17H26O. The highest BCUT2D eigenvalue weighted by atomic mass is 16.1. The van der Waals surface area contributed by atoms with Gasteiger partial charge in [-0.1, -0.05) is 38.5 Å². The van der Waals surface area contributed by atoms with Gasteiger partial charge in [-0.25, -0.2) is 0 Å². The van der Waals surface area contributed by atoms with Crippen LogP contribution in [0, 0.1) is 35.5 Å². The first kappa shape index (κ1) is 13.6. The minimum atomic E-state index is 0.172. The summed E-state index contributed by atoms with van der Waals surface area (Å²) >= 11 is 0. The van der Waals surface area contributed by atoms with Crippen molar-refractivity contribution in [3.63, 3.8) is 0 Å². The van der Waals surface area contributed by atoms with E-state index in [1.165, 1.54) is 6.42 Å². The number of hydrogen-bond donors (Lipinski definition) is 0. The maximum absolute atomic E-state index is 11.2. The van der Waals surface area contributed by atoms with Gasteiger partial charge in [0.05, 0.1) is 0 Å². The lowest BCUT2D eigenvalue weighted by Gasteiger charge is -2.51. The second-order valence-electron chi connectivity index (χ2n) is 6.64. The van der Waals surface area contributed by atoms with Gasteiger partial charge in [0, 0.05) is 0 Å². The molecule has 0 saturated heterocycles. The largest absolute Gasteiger partial charge is 0.295 e. The van der Waals surface area contributed by atoms with Gasteiger partial charge in [-0.2, -0.15) is 0 Å². The summed E-state index contributed by atoms with van der Waals surface area (Å²) in [6.07, 6.45) is 7.80. The van der Waals surface area contributed by atoms with Crippen LogP contribution in [0.4, 0.5) is 0 Å². The Kier molecular flexibility index (Phi) is 3.79. The monoisotopic (exact) mass is 246 g/mol. The molecule has 3 aliphatic rings. The molecular weight excluding hydrogens is 220 g/mol. The first-order valence-corrected chi connectivity index (χ1v) is 7.29. The average molecular weight is 246 g/mol. The number of carbonyl (C=O) groups excluding carboxylic acids is 1. The predicted octanol–water partition coefficient (Wildman–Crippen LogP) is 4.25. The van der Waals surface area contributed by atoms with Crippen molar-refractivity contribution in [2.75, 3.05) is 0 Å². The first-order valence-electron chi connectivity index (χ1n) is 7.29. The van der Waals surface area contributed by atoms with E-state index < -0.39 is 0 Å². The number of hydrogen-bond acceptors (Lipinski definition) is 1. The highest BCUT2D eigenvalue weighted by molar-refractivity contribution is 5.87. The lowest BCUT2D eigenvalue weighted by molar-refractivity contribution is -0.112. The quantitative estimate of drug-likeness (QED) is 0.537. The molecule has 100 valence electrons. The minimum absolute atomic E-state index is 0.172. The van der Waals surface area contributed by atoms with Gasteiger partial charge in [-0.3, -0.25) is 4.79 Å². The fraction of sp³-hybridized carbons (Fsp3) is 0.706. The van der Waals surface area contributed by atoms with Crippen molar-refractivity contribution >= 4 is 5.78 Å². The van der Waals surface area contributed by atoms with Crippen LogP contribution >= 0.6 is 0 Å². The maximum Gasteiger partial charge on any atom is 0.152 e. The topological polar surface area (TPSA) is 17.1 Å². The molecule has 2 bridgehead atoms. The molecule has 3 rings (SSSR count). The van der Waals surface area contributed by atoms with Crippen molar-refractivity contribution in [3.8, 4) is 0 Å². The molecule has 3 aliphatic carbocycles. The predicted molar refractivity (Wildman–Crippen MR) is 76.2 cm³/mol. The Morgan fingerprint density at radius 3 is 2.67 bits per heavy atom. The zero-order valence-corrected chi connectivity index (χ0v) is 12.3. The summed E-state index contributed by atoms with van der Waals surface area (Å²) in [5, 5.41) is 0. The summed E-state index contributed by atoms with van der Waals surface area (Å²) in [4.78, 5) is 11.2. The van der Waals surface area contributed by atoms with Crippen LogP contribution in [0.25, 0.3) is 0 Å². The van der Waals surface area contributed by atoms with E-state index in [0.717, 1.165) is 17.8 Å². The van der Waals surface area contributed by atoms with Crippen LogP contribution < -0.4 is 0 Å². The third-order valence-corrected chi connectivity index (χ3v) is 5.16. The smallest absolute Gasteiger partial charge is 0.152 e. The molecule has 0 aliphatic heterocycles. The normalized spacial score (nSPS) is 39.4. The molecule has 18 heavy (non-hydrogen) atoms. The van der Waals surface area contributed by atoms with Gasteiger partial charge in [0.25, 0.3) is 0 Å². The summed E-state index contributed by atoms with van der Waals surface area (Å²) in [6.45, 7) is 11.0. The summed E-state index contributed by atoms with van der Waals surface area (Å²) in [7, 11) is 0. The Hall–Kier alpha value is -0.850.